The Labute approximate surface area is 170 Å². The quantitative estimate of drug-likeness (QED) is 0.593. The van der Waals surface area contributed by atoms with E-state index in [1.807, 2.05) is 0 Å². The Hall–Kier alpha value is -3.62. The van der Waals surface area contributed by atoms with E-state index in [9.17, 15) is 18.8 Å². The van der Waals surface area contributed by atoms with Crippen LogP contribution in [0, 0.1) is 5.82 Å². The number of nitrogens with zero attached hydrogens (tertiary/aromatic N) is 2. The van der Waals surface area contributed by atoms with E-state index in [0.29, 0.717) is 11.1 Å². The van der Waals surface area contributed by atoms with Crippen LogP contribution < -0.4 is 10.5 Å². The normalized spacial score (nSPS) is 18.5. The van der Waals surface area contributed by atoms with Crippen LogP contribution in [-0.4, -0.2) is 47.1 Å². The van der Waals surface area contributed by atoms with Crippen molar-refractivity contribution in [2.24, 2.45) is 0 Å². The highest BCUT2D eigenvalue weighted by Crippen LogP contribution is 2.26. The number of carbonyl (C=O) groups is 2. The predicted molar refractivity (Wildman–Crippen MR) is 103 cm³/mol. The number of fused-ring (bicyclic) bond motifs is 1. The number of carbonyl (C=O) groups excluding carboxylic acids is 2. The molecule has 3 aromatic rings. The van der Waals surface area contributed by atoms with Gasteiger partial charge in [0.25, 0.3) is 0 Å². The Morgan fingerprint density at radius 1 is 1.17 bits per heavy atom. The van der Waals surface area contributed by atoms with Gasteiger partial charge in [-0.25, -0.2) is 14.0 Å². The summed E-state index contributed by atoms with van der Waals surface area (Å²) in [7, 11) is 1.23. The number of esters is 1. The smallest absolute Gasteiger partial charge is 0.420 e. The fourth-order valence-corrected chi connectivity index (χ4v) is 3.63. The highest BCUT2D eigenvalue weighted by atomic mass is 19.1. The summed E-state index contributed by atoms with van der Waals surface area (Å²) in [6.07, 6.45) is -0.457. The molecule has 0 N–H and O–H groups in total. The first-order valence-electron chi connectivity index (χ1n) is 9.34. The molecule has 8 nitrogen and oxygen atoms in total. The monoisotopic (exact) mass is 414 g/mol. The SMILES string of the molecule is COC(=O)C1CC(Oc2ccccc2F)CN1C(=O)Cn1c(=O)oc2ccccc21. The average Bonchev–Trinajstić information content (AvgIpc) is 3.30. The van der Waals surface area contributed by atoms with Crippen LogP contribution in [0.3, 0.4) is 0 Å². The minimum Gasteiger partial charge on any atom is -0.485 e. The van der Waals surface area contributed by atoms with E-state index in [2.05, 4.69) is 0 Å². The van der Waals surface area contributed by atoms with Crippen LogP contribution in [0.5, 0.6) is 5.75 Å². The number of aromatic nitrogens is 1. The summed E-state index contributed by atoms with van der Waals surface area (Å²) >= 11 is 0. The average molecular weight is 414 g/mol. The van der Waals surface area contributed by atoms with Gasteiger partial charge in [0.1, 0.15) is 18.7 Å². The molecule has 0 radical (unpaired) electrons. The molecule has 0 spiro atoms. The fourth-order valence-electron chi connectivity index (χ4n) is 3.63. The van der Waals surface area contributed by atoms with E-state index in [1.54, 1.807) is 30.3 Å². The maximum Gasteiger partial charge on any atom is 0.420 e. The zero-order valence-corrected chi connectivity index (χ0v) is 16.1. The molecule has 2 aromatic carbocycles. The summed E-state index contributed by atoms with van der Waals surface area (Å²) in [6.45, 7) is -0.257. The van der Waals surface area contributed by atoms with E-state index in [-0.39, 0.29) is 25.3 Å². The maximum atomic E-state index is 13.9. The number of para-hydroxylation sites is 3. The Balaban J connectivity index is 1.56. The topological polar surface area (TPSA) is 91.0 Å². The third-order valence-electron chi connectivity index (χ3n) is 5.05. The first-order valence-corrected chi connectivity index (χ1v) is 9.34. The zero-order valence-electron chi connectivity index (χ0n) is 16.1. The van der Waals surface area contributed by atoms with Crippen molar-refractivity contribution >= 4 is 23.0 Å². The van der Waals surface area contributed by atoms with Crippen LogP contribution in [0.25, 0.3) is 11.1 Å². The molecule has 1 fully saturated rings. The van der Waals surface area contributed by atoms with Crippen LogP contribution in [-0.2, 0) is 20.9 Å². The lowest BCUT2D eigenvalue weighted by molar-refractivity contribution is -0.151. The van der Waals surface area contributed by atoms with Crippen LogP contribution in [0.1, 0.15) is 6.42 Å². The van der Waals surface area contributed by atoms with Crippen molar-refractivity contribution in [3.05, 3.63) is 64.9 Å². The van der Waals surface area contributed by atoms with Crippen molar-refractivity contribution in [1.82, 2.24) is 9.47 Å². The van der Waals surface area contributed by atoms with Gasteiger partial charge in [-0.05, 0) is 24.3 Å². The lowest BCUT2D eigenvalue weighted by Crippen LogP contribution is -2.43. The number of likely N-dealkylation sites (tertiary alicyclic amines) is 1. The highest BCUT2D eigenvalue weighted by molar-refractivity contribution is 5.86. The molecular formula is C21H19FN2O6. The summed E-state index contributed by atoms with van der Waals surface area (Å²) in [5.74, 6) is -2.24. The van der Waals surface area contributed by atoms with E-state index in [4.69, 9.17) is 13.9 Å². The molecule has 0 saturated carbocycles. The van der Waals surface area contributed by atoms with Gasteiger partial charge in [0, 0.05) is 6.42 Å². The number of hydrogen-bond acceptors (Lipinski definition) is 6. The number of ether oxygens (including phenoxy) is 2. The summed E-state index contributed by atoms with van der Waals surface area (Å²) in [5, 5.41) is 0. The number of methoxy groups -OCH3 is 1. The third-order valence-corrected chi connectivity index (χ3v) is 5.05. The lowest BCUT2D eigenvalue weighted by Gasteiger charge is -2.22. The van der Waals surface area contributed by atoms with E-state index in [1.165, 1.54) is 34.8 Å². The molecule has 30 heavy (non-hydrogen) atoms. The van der Waals surface area contributed by atoms with Crippen molar-refractivity contribution in [3.63, 3.8) is 0 Å². The van der Waals surface area contributed by atoms with Gasteiger partial charge in [-0.1, -0.05) is 24.3 Å². The van der Waals surface area contributed by atoms with Crippen LogP contribution in [0.15, 0.2) is 57.7 Å². The first-order chi connectivity index (χ1) is 14.5. The molecule has 2 heterocycles. The van der Waals surface area contributed by atoms with Gasteiger partial charge < -0.3 is 18.8 Å². The second-order valence-electron chi connectivity index (χ2n) is 6.91. The van der Waals surface area contributed by atoms with Crippen molar-refractivity contribution in [1.29, 1.82) is 0 Å². The van der Waals surface area contributed by atoms with Crippen molar-refractivity contribution < 1.29 is 27.9 Å². The molecule has 1 aromatic heterocycles. The molecule has 1 aliphatic heterocycles. The van der Waals surface area contributed by atoms with Gasteiger partial charge in [0.05, 0.1) is 19.2 Å². The van der Waals surface area contributed by atoms with Gasteiger partial charge in [0.2, 0.25) is 5.91 Å². The van der Waals surface area contributed by atoms with Gasteiger partial charge >= 0.3 is 11.7 Å². The Morgan fingerprint density at radius 2 is 1.90 bits per heavy atom. The Kier molecular flexibility index (Phi) is 5.26. The number of oxazole rings is 1. The molecule has 2 unspecified atom stereocenters. The maximum absolute atomic E-state index is 13.9. The molecule has 2 atom stereocenters. The van der Waals surface area contributed by atoms with Crippen LogP contribution >= 0.6 is 0 Å². The number of hydrogen-bond donors (Lipinski definition) is 0. The second-order valence-corrected chi connectivity index (χ2v) is 6.91. The van der Waals surface area contributed by atoms with E-state index < -0.39 is 35.6 Å². The van der Waals surface area contributed by atoms with Crippen LogP contribution in [0.4, 0.5) is 4.39 Å². The summed E-state index contributed by atoms with van der Waals surface area (Å²) in [5.41, 5.74) is 0.839. The van der Waals surface area contributed by atoms with Crippen molar-refractivity contribution in [3.8, 4) is 5.75 Å². The Morgan fingerprint density at radius 3 is 2.67 bits per heavy atom. The predicted octanol–water partition coefficient (Wildman–Crippen LogP) is 1.96. The van der Waals surface area contributed by atoms with Gasteiger partial charge in [-0.2, -0.15) is 0 Å². The fraction of sp³-hybridized carbons (Fsp3) is 0.286. The zero-order chi connectivity index (χ0) is 21.3. The second kappa shape index (κ2) is 8.02. The molecule has 1 aliphatic rings. The third kappa shape index (κ3) is 3.66. The molecule has 0 bridgehead atoms. The van der Waals surface area contributed by atoms with Gasteiger partial charge in [-0.15, -0.1) is 0 Å². The van der Waals surface area contributed by atoms with Crippen LogP contribution in [0.2, 0.25) is 0 Å². The number of benzene rings is 2. The molecule has 156 valence electrons. The largest absolute Gasteiger partial charge is 0.485 e. The minimum atomic E-state index is -0.895. The molecule has 1 saturated heterocycles. The number of rotatable bonds is 5. The Bertz CT molecular complexity index is 1150. The standard InChI is InChI=1S/C21H19FN2O6/c1-28-20(26)16-10-13(29-17-8-4-2-6-14(17)22)11-23(16)19(25)12-24-15-7-3-5-9-18(15)30-21(24)27/h2-9,13,16H,10-12H2,1H3. The van der Waals surface area contributed by atoms with Crippen molar-refractivity contribution in [2.75, 3.05) is 13.7 Å². The van der Waals surface area contributed by atoms with Gasteiger partial charge in [-0.3, -0.25) is 9.36 Å². The molecule has 4 rings (SSSR count). The molecule has 9 heteroatoms. The summed E-state index contributed by atoms with van der Waals surface area (Å²) in [6, 6.07) is 11.8. The summed E-state index contributed by atoms with van der Waals surface area (Å²) in [4.78, 5) is 38.7. The lowest BCUT2D eigenvalue weighted by atomic mass is 10.2. The number of halogens is 1. The molecular weight excluding hydrogens is 395 g/mol. The highest BCUT2D eigenvalue weighted by Gasteiger charge is 2.41. The molecule has 0 aliphatic carbocycles. The minimum absolute atomic E-state index is 0.0393. The number of amides is 1. The van der Waals surface area contributed by atoms with E-state index in [0.717, 1.165) is 0 Å². The van der Waals surface area contributed by atoms with E-state index >= 15 is 0 Å². The summed E-state index contributed by atoms with van der Waals surface area (Å²) < 4.78 is 30.8. The van der Waals surface area contributed by atoms with Crippen molar-refractivity contribution in [2.45, 2.75) is 25.1 Å². The van der Waals surface area contributed by atoms with Gasteiger partial charge in [0.15, 0.2) is 17.1 Å². The first kappa shape index (κ1) is 19.7. The molecule has 1 amide bonds.